The third-order valence-corrected chi connectivity index (χ3v) is 2.83. The normalized spacial score (nSPS) is 21.9. The summed E-state index contributed by atoms with van der Waals surface area (Å²) in [6.45, 7) is 2.24. The highest BCUT2D eigenvalue weighted by Crippen LogP contribution is 2.16. The molecule has 1 fully saturated rings. The first-order valence-electron chi connectivity index (χ1n) is 5.44. The van der Waals surface area contributed by atoms with Gasteiger partial charge in [-0.1, -0.05) is 6.92 Å². The number of rotatable bonds is 4. The van der Waals surface area contributed by atoms with E-state index in [0.29, 0.717) is 6.54 Å². The third-order valence-electron chi connectivity index (χ3n) is 2.83. The number of aliphatic hydroxyl groups excluding tert-OH is 1. The van der Waals surface area contributed by atoms with E-state index in [1.165, 1.54) is 6.92 Å². The van der Waals surface area contributed by atoms with Gasteiger partial charge in [-0.05, 0) is 12.8 Å². The average Bonchev–Trinajstić information content (AvgIpc) is 2.73. The smallest absolute Gasteiger partial charge is 0.317 e. The van der Waals surface area contributed by atoms with Crippen LogP contribution in [0, 0.1) is 5.92 Å². The van der Waals surface area contributed by atoms with E-state index < -0.39 is 11.9 Å². The number of carbonyl (C=O) groups excluding carboxylic acids is 1. The van der Waals surface area contributed by atoms with Crippen LogP contribution in [0.25, 0.3) is 0 Å². The molecule has 6 heteroatoms. The molecule has 1 saturated heterocycles. The van der Waals surface area contributed by atoms with Crippen molar-refractivity contribution in [3.05, 3.63) is 0 Å². The van der Waals surface area contributed by atoms with E-state index in [1.807, 2.05) is 0 Å². The molecule has 2 unspecified atom stereocenters. The second-order valence-electron chi connectivity index (χ2n) is 4.10. The molecule has 0 aromatic rings. The molecule has 0 bridgehead atoms. The van der Waals surface area contributed by atoms with Crippen LogP contribution in [0.3, 0.4) is 0 Å². The monoisotopic (exact) mass is 230 g/mol. The Morgan fingerprint density at radius 3 is 2.81 bits per heavy atom. The Hall–Kier alpha value is -1.30. The SMILES string of the molecule is CC(CNC(=O)N1CCCC1CO)C(=O)O. The summed E-state index contributed by atoms with van der Waals surface area (Å²) in [5.41, 5.74) is 0. The van der Waals surface area contributed by atoms with Crippen LogP contribution < -0.4 is 5.32 Å². The molecule has 6 nitrogen and oxygen atoms in total. The largest absolute Gasteiger partial charge is 0.481 e. The Morgan fingerprint density at radius 2 is 2.25 bits per heavy atom. The van der Waals surface area contributed by atoms with Crippen LogP contribution in [0.15, 0.2) is 0 Å². The Balaban J connectivity index is 2.37. The summed E-state index contributed by atoms with van der Waals surface area (Å²) in [6, 6.07) is -0.412. The predicted octanol–water partition coefficient (Wildman–Crippen LogP) is -0.127. The van der Waals surface area contributed by atoms with Crippen LogP contribution in [0.2, 0.25) is 0 Å². The lowest BCUT2D eigenvalue weighted by Gasteiger charge is -2.23. The predicted molar refractivity (Wildman–Crippen MR) is 57.0 cm³/mol. The lowest BCUT2D eigenvalue weighted by Crippen LogP contribution is -2.45. The number of hydrogen-bond donors (Lipinski definition) is 3. The molecular formula is C10H18N2O4. The molecule has 1 aliphatic rings. The van der Waals surface area contributed by atoms with Gasteiger partial charge in [-0.15, -0.1) is 0 Å². The van der Waals surface area contributed by atoms with Gasteiger partial charge < -0.3 is 20.4 Å². The molecule has 3 N–H and O–H groups in total. The van der Waals surface area contributed by atoms with Gasteiger partial charge in [0, 0.05) is 13.1 Å². The highest BCUT2D eigenvalue weighted by molar-refractivity contribution is 5.76. The molecule has 0 aromatic heterocycles. The summed E-state index contributed by atoms with van der Waals surface area (Å²) < 4.78 is 0. The quantitative estimate of drug-likeness (QED) is 0.627. The van der Waals surface area contributed by atoms with E-state index in [9.17, 15) is 9.59 Å². The maximum Gasteiger partial charge on any atom is 0.317 e. The maximum absolute atomic E-state index is 11.7. The van der Waals surface area contributed by atoms with Crippen molar-refractivity contribution in [1.29, 1.82) is 0 Å². The third kappa shape index (κ3) is 3.10. The van der Waals surface area contributed by atoms with Gasteiger partial charge in [-0.3, -0.25) is 4.79 Å². The van der Waals surface area contributed by atoms with Gasteiger partial charge in [0.05, 0.1) is 18.6 Å². The summed E-state index contributed by atoms with van der Waals surface area (Å²) in [7, 11) is 0. The second-order valence-corrected chi connectivity index (χ2v) is 4.10. The molecule has 0 saturated carbocycles. The zero-order valence-electron chi connectivity index (χ0n) is 9.35. The number of carbonyl (C=O) groups is 2. The standard InChI is InChI=1S/C10H18N2O4/c1-7(9(14)15)5-11-10(16)12-4-2-3-8(12)6-13/h7-8,13H,2-6H2,1H3,(H,11,16)(H,14,15). The van der Waals surface area contributed by atoms with Crippen molar-refractivity contribution < 1.29 is 19.8 Å². The summed E-state index contributed by atoms with van der Waals surface area (Å²) in [5.74, 6) is -1.53. The van der Waals surface area contributed by atoms with E-state index in [0.717, 1.165) is 12.8 Å². The minimum Gasteiger partial charge on any atom is -0.481 e. The molecule has 92 valence electrons. The number of urea groups is 1. The number of nitrogens with zero attached hydrogens (tertiary/aromatic N) is 1. The number of amides is 2. The molecule has 2 amide bonds. The summed E-state index contributed by atoms with van der Waals surface area (Å²) in [5, 5.41) is 20.3. The average molecular weight is 230 g/mol. The number of carboxylic acid groups (broad SMARTS) is 1. The summed E-state index contributed by atoms with van der Waals surface area (Å²) in [6.07, 6.45) is 1.69. The summed E-state index contributed by atoms with van der Waals surface area (Å²) in [4.78, 5) is 23.8. The lowest BCUT2D eigenvalue weighted by molar-refractivity contribution is -0.140. The highest BCUT2D eigenvalue weighted by atomic mass is 16.4. The second kappa shape index (κ2) is 5.69. The van der Waals surface area contributed by atoms with Crippen LogP contribution in [0.5, 0.6) is 0 Å². The van der Waals surface area contributed by atoms with E-state index in [1.54, 1.807) is 4.90 Å². The molecular weight excluding hydrogens is 212 g/mol. The van der Waals surface area contributed by atoms with E-state index in [2.05, 4.69) is 5.32 Å². The van der Waals surface area contributed by atoms with Crippen molar-refractivity contribution in [2.24, 2.45) is 5.92 Å². The maximum atomic E-state index is 11.7. The van der Waals surface area contributed by atoms with Gasteiger partial charge in [0.1, 0.15) is 0 Å². The minimum atomic E-state index is -0.930. The van der Waals surface area contributed by atoms with Gasteiger partial charge in [-0.2, -0.15) is 0 Å². The van der Waals surface area contributed by atoms with Crippen molar-refractivity contribution in [3.8, 4) is 0 Å². The number of nitrogens with one attached hydrogen (secondary N) is 1. The molecule has 0 aliphatic carbocycles. The fourth-order valence-corrected chi connectivity index (χ4v) is 1.72. The van der Waals surface area contributed by atoms with Gasteiger partial charge >= 0.3 is 12.0 Å². The first-order chi connectivity index (χ1) is 7.56. The summed E-state index contributed by atoms with van der Waals surface area (Å²) >= 11 is 0. The molecule has 16 heavy (non-hydrogen) atoms. The first-order valence-corrected chi connectivity index (χ1v) is 5.44. The van der Waals surface area contributed by atoms with Crippen molar-refractivity contribution in [3.63, 3.8) is 0 Å². The Kier molecular flexibility index (Phi) is 4.54. The molecule has 0 aromatic carbocycles. The zero-order valence-corrected chi connectivity index (χ0v) is 9.35. The van der Waals surface area contributed by atoms with Crippen LogP contribution in [-0.2, 0) is 4.79 Å². The topological polar surface area (TPSA) is 89.9 Å². The van der Waals surface area contributed by atoms with Gasteiger partial charge in [0.15, 0.2) is 0 Å². The van der Waals surface area contributed by atoms with Crippen LogP contribution in [-0.4, -0.2) is 52.9 Å². The number of hydrogen-bond acceptors (Lipinski definition) is 3. The number of likely N-dealkylation sites (tertiary alicyclic amines) is 1. The highest BCUT2D eigenvalue weighted by Gasteiger charge is 2.28. The fraction of sp³-hybridized carbons (Fsp3) is 0.800. The van der Waals surface area contributed by atoms with Crippen molar-refractivity contribution in [2.75, 3.05) is 19.7 Å². The minimum absolute atomic E-state index is 0.0398. The zero-order chi connectivity index (χ0) is 12.1. The Labute approximate surface area is 94.2 Å². The molecule has 2 atom stereocenters. The first kappa shape index (κ1) is 12.8. The lowest BCUT2D eigenvalue weighted by atomic mass is 10.2. The van der Waals surface area contributed by atoms with Crippen molar-refractivity contribution >= 4 is 12.0 Å². The van der Waals surface area contributed by atoms with Crippen LogP contribution in [0.4, 0.5) is 4.79 Å². The Morgan fingerprint density at radius 1 is 1.56 bits per heavy atom. The number of aliphatic hydroxyl groups is 1. The van der Waals surface area contributed by atoms with Crippen LogP contribution >= 0.6 is 0 Å². The van der Waals surface area contributed by atoms with Crippen molar-refractivity contribution in [2.45, 2.75) is 25.8 Å². The van der Waals surface area contributed by atoms with Crippen LogP contribution in [0.1, 0.15) is 19.8 Å². The molecule has 1 heterocycles. The fourth-order valence-electron chi connectivity index (χ4n) is 1.72. The van der Waals surface area contributed by atoms with Gasteiger partial charge in [-0.25, -0.2) is 4.79 Å². The molecule has 0 radical (unpaired) electrons. The van der Waals surface area contributed by atoms with E-state index in [4.69, 9.17) is 10.2 Å². The van der Waals surface area contributed by atoms with E-state index >= 15 is 0 Å². The molecule has 0 spiro atoms. The number of carboxylic acids is 1. The van der Waals surface area contributed by atoms with Crippen molar-refractivity contribution in [1.82, 2.24) is 10.2 Å². The molecule has 1 rings (SSSR count). The van der Waals surface area contributed by atoms with Gasteiger partial charge in [0.2, 0.25) is 0 Å². The Bertz CT molecular complexity index is 270. The van der Waals surface area contributed by atoms with E-state index in [-0.39, 0.29) is 25.2 Å². The van der Waals surface area contributed by atoms with Gasteiger partial charge in [0.25, 0.3) is 0 Å². The number of aliphatic carboxylic acids is 1. The molecule has 1 aliphatic heterocycles.